The van der Waals surface area contributed by atoms with Crippen molar-refractivity contribution in [2.45, 2.75) is 51.4 Å². The summed E-state index contributed by atoms with van der Waals surface area (Å²) in [4.78, 5) is 0. The second-order valence-electron chi connectivity index (χ2n) is 17.8. The summed E-state index contributed by atoms with van der Waals surface area (Å²) in [5.41, 5.74) is 35.7. The average molecular weight is 765 g/mol. The summed E-state index contributed by atoms with van der Waals surface area (Å²) in [6.45, 7) is 0. The summed E-state index contributed by atoms with van der Waals surface area (Å²) in [6.07, 6.45) is 13.7. The summed E-state index contributed by atoms with van der Waals surface area (Å²) < 4.78 is 0. The van der Waals surface area contributed by atoms with Gasteiger partial charge in [-0.15, -0.1) is 0 Å². The molecule has 0 bridgehead atoms. The minimum Gasteiger partial charge on any atom is -0.0839 e. The molecule has 0 N–H and O–H groups in total. The van der Waals surface area contributed by atoms with Crippen LogP contribution in [0.4, 0.5) is 0 Å². The Hall–Kier alpha value is -6.76. The molecule has 0 radical (unpaired) electrons. The van der Waals surface area contributed by atoms with Crippen LogP contribution in [0, 0.1) is 0 Å². The molecule has 0 saturated heterocycles. The maximum atomic E-state index is 2.47. The largest absolute Gasteiger partial charge is 0.0839 e. The van der Waals surface area contributed by atoms with Gasteiger partial charge >= 0.3 is 0 Å². The lowest BCUT2D eigenvalue weighted by atomic mass is 9.94. The van der Waals surface area contributed by atoms with E-state index in [0.29, 0.717) is 0 Å². The highest BCUT2D eigenvalue weighted by Crippen LogP contribution is 2.49. The number of hydrogen-bond acceptors (Lipinski definition) is 0. The van der Waals surface area contributed by atoms with Gasteiger partial charge in [-0.1, -0.05) is 152 Å². The minimum atomic E-state index is 1.08. The molecule has 8 aromatic carbocycles. The Morgan fingerprint density at radius 2 is 0.733 bits per heavy atom. The van der Waals surface area contributed by atoms with Crippen molar-refractivity contribution in [3.05, 3.63) is 242 Å². The lowest BCUT2D eigenvalue weighted by molar-refractivity contribution is 1.04. The van der Waals surface area contributed by atoms with Crippen molar-refractivity contribution < 1.29 is 0 Å². The summed E-state index contributed by atoms with van der Waals surface area (Å²) in [7, 11) is 0. The van der Waals surface area contributed by atoms with Gasteiger partial charge in [0.2, 0.25) is 0 Å². The summed E-state index contributed by atoms with van der Waals surface area (Å²) in [5.74, 6) is 0. The van der Waals surface area contributed by atoms with E-state index in [4.69, 9.17) is 0 Å². The molecule has 7 aliphatic carbocycles. The molecule has 0 amide bonds. The molecule has 0 heterocycles. The molecular weight excluding hydrogens is 721 g/mol. The fraction of sp³-hybridized carbons (Fsp3) is 0.133. The van der Waals surface area contributed by atoms with Gasteiger partial charge in [-0.05, 0) is 203 Å². The first-order chi connectivity index (χ1) is 29.7. The zero-order valence-electron chi connectivity index (χ0n) is 33.8. The fourth-order valence-corrected chi connectivity index (χ4v) is 11.7. The molecule has 0 aromatic heterocycles. The van der Waals surface area contributed by atoms with Crippen LogP contribution >= 0.6 is 0 Å². The average Bonchev–Trinajstić information content (AvgIpc) is 4.15. The van der Waals surface area contributed by atoms with Gasteiger partial charge in [-0.3, -0.25) is 0 Å². The van der Waals surface area contributed by atoms with Crippen LogP contribution in [0.15, 0.2) is 175 Å². The van der Waals surface area contributed by atoms with E-state index in [1.165, 1.54) is 130 Å². The van der Waals surface area contributed by atoms with Crippen LogP contribution in [0.1, 0.15) is 79.6 Å². The Morgan fingerprint density at radius 1 is 0.283 bits per heavy atom. The number of hydrogen-bond donors (Lipinski definition) is 0. The second-order valence-corrected chi connectivity index (χ2v) is 17.8. The van der Waals surface area contributed by atoms with Crippen LogP contribution in [-0.2, 0) is 38.5 Å². The number of fused-ring (bicyclic) bond motifs is 18. The molecular formula is C60H44. The maximum absolute atomic E-state index is 2.47. The second kappa shape index (κ2) is 13.4. The molecule has 0 fully saturated rings. The molecule has 0 spiro atoms. The Morgan fingerprint density at radius 3 is 1.33 bits per heavy atom. The standard InChI is InChI=1S/2C20H14.C20H16/c1-3-7-16-14(6-1)12-19-18(16)10-9-15-11-13-5-2-4-8-17(13)20(15)19;1-3-7-17-13(5-1)9-15-11-20-16(12-19(15)17)10-14-6-2-4-8-18(14)20;1-3-7-17-13(5-1)9-15-11-16-10-14-6-2-4-8-18(14)20(16)12-19(15)17/h1-10H,11-12H2;1-8,11-12H,9-10H2;1-3,5-7,11-12H,4,8-10H2. The zero-order valence-corrected chi connectivity index (χ0v) is 33.8. The molecule has 0 aliphatic heterocycles. The van der Waals surface area contributed by atoms with Crippen molar-refractivity contribution in [3.63, 3.8) is 0 Å². The molecule has 7 aliphatic rings. The smallest absolute Gasteiger partial charge is 0.000718 e. The molecule has 0 nitrogen and oxygen atoms in total. The van der Waals surface area contributed by atoms with E-state index in [9.17, 15) is 0 Å². The SMILES string of the molecule is C1=CC2=C(CC1)c1cc3c(cc1C2)Cc1ccccc1-3.c1ccc2c(c1)Cc1c-2ccc2c1-c1ccccc1C2.c1ccc2c(c1)Cc1cc3c(cc1-2)Cc1ccccc1-3. The Bertz CT molecular complexity index is 3130. The highest BCUT2D eigenvalue weighted by molar-refractivity contribution is 5.90. The Balaban J connectivity index is 0.0000000926. The Labute approximate surface area is 353 Å². The first-order valence-corrected chi connectivity index (χ1v) is 22.0. The molecule has 0 atom stereocenters. The van der Waals surface area contributed by atoms with E-state index in [1.807, 2.05) is 0 Å². The molecule has 284 valence electrons. The van der Waals surface area contributed by atoms with Crippen molar-refractivity contribution in [2.24, 2.45) is 0 Å². The molecule has 60 heavy (non-hydrogen) atoms. The van der Waals surface area contributed by atoms with Crippen LogP contribution in [0.25, 0.3) is 61.2 Å². The van der Waals surface area contributed by atoms with Gasteiger partial charge in [0.1, 0.15) is 0 Å². The van der Waals surface area contributed by atoms with Crippen LogP contribution in [0.3, 0.4) is 0 Å². The first kappa shape index (κ1) is 34.1. The highest BCUT2D eigenvalue weighted by Gasteiger charge is 2.29. The van der Waals surface area contributed by atoms with Gasteiger partial charge in [0.15, 0.2) is 0 Å². The quantitative estimate of drug-likeness (QED) is 0.144. The first-order valence-electron chi connectivity index (χ1n) is 22.0. The molecule has 15 rings (SSSR count). The lowest BCUT2D eigenvalue weighted by Crippen LogP contribution is -1.90. The van der Waals surface area contributed by atoms with E-state index < -0.39 is 0 Å². The van der Waals surface area contributed by atoms with Gasteiger partial charge in [0.05, 0.1) is 0 Å². The summed E-state index contributed by atoms with van der Waals surface area (Å²) >= 11 is 0. The molecule has 0 unspecified atom stereocenters. The molecule has 0 heteroatoms. The zero-order chi connectivity index (χ0) is 39.3. The van der Waals surface area contributed by atoms with Gasteiger partial charge < -0.3 is 0 Å². The molecule has 0 saturated carbocycles. The van der Waals surface area contributed by atoms with E-state index in [0.717, 1.165) is 38.5 Å². The predicted molar refractivity (Wildman–Crippen MR) is 250 cm³/mol. The third kappa shape index (κ3) is 5.30. The normalized spacial score (nSPS) is 15.0. The van der Waals surface area contributed by atoms with E-state index in [2.05, 4.69) is 170 Å². The van der Waals surface area contributed by atoms with E-state index in [1.54, 1.807) is 16.7 Å². The van der Waals surface area contributed by atoms with Crippen molar-refractivity contribution >= 4 is 5.57 Å². The predicted octanol–water partition coefficient (Wildman–Crippen LogP) is 14.6. The fourth-order valence-electron chi connectivity index (χ4n) is 11.7. The van der Waals surface area contributed by atoms with Crippen LogP contribution in [0.5, 0.6) is 0 Å². The van der Waals surface area contributed by atoms with Crippen LogP contribution < -0.4 is 0 Å². The minimum absolute atomic E-state index is 1.08. The van der Waals surface area contributed by atoms with Crippen LogP contribution in [-0.4, -0.2) is 0 Å². The highest BCUT2D eigenvalue weighted by atomic mass is 14.3. The van der Waals surface area contributed by atoms with Crippen molar-refractivity contribution in [2.75, 3.05) is 0 Å². The third-order valence-corrected chi connectivity index (χ3v) is 14.4. The van der Waals surface area contributed by atoms with E-state index in [-0.39, 0.29) is 0 Å². The Kier molecular flexibility index (Phi) is 7.61. The number of allylic oxidation sites excluding steroid dienone is 4. The maximum Gasteiger partial charge on any atom is -0.000718 e. The molecule has 8 aromatic rings. The van der Waals surface area contributed by atoms with Gasteiger partial charge in [0, 0.05) is 0 Å². The monoisotopic (exact) mass is 764 g/mol. The summed E-state index contributed by atoms with van der Waals surface area (Å²) in [5, 5.41) is 0. The van der Waals surface area contributed by atoms with Crippen molar-refractivity contribution in [1.29, 1.82) is 0 Å². The van der Waals surface area contributed by atoms with Gasteiger partial charge in [-0.2, -0.15) is 0 Å². The summed E-state index contributed by atoms with van der Waals surface area (Å²) in [6, 6.07) is 58.6. The van der Waals surface area contributed by atoms with Gasteiger partial charge in [0.25, 0.3) is 0 Å². The number of rotatable bonds is 0. The van der Waals surface area contributed by atoms with Crippen molar-refractivity contribution in [1.82, 2.24) is 0 Å². The van der Waals surface area contributed by atoms with E-state index >= 15 is 0 Å². The van der Waals surface area contributed by atoms with Crippen molar-refractivity contribution in [3.8, 4) is 55.6 Å². The third-order valence-electron chi connectivity index (χ3n) is 14.4. The van der Waals surface area contributed by atoms with Crippen LogP contribution in [0.2, 0.25) is 0 Å². The van der Waals surface area contributed by atoms with Gasteiger partial charge in [-0.25, -0.2) is 0 Å². The lowest BCUT2D eigenvalue weighted by Gasteiger charge is -2.11. The topological polar surface area (TPSA) is 0 Å². The number of benzene rings is 8.